The summed E-state index contributed by atoms with van der Waals surface area (Å²) in [5, 5.41) is 7.11. The van der Waals surface area contributed by atoms with Crippen LogP contribution in [0.3, 0.4) is 0 Å². The first-order valence-corrected chi connectivity index (χ1v) is 10.8. The molecule has 0 aliphatic rings. The molecule has 0 saturated heterocycles. The molecule has 8 heteroatoms. The van der Waals surface area contributed by atoms with Crippen LogP contribution in [-0.2, 0) is 19.6 Å². The summed E-state index contributed by atoms with van der Waals surface area (Å²) < 4.78 is 4.13. The topological polar surface area (TPSA) is 104 Å². The maximum atomic E-state index is 6.47. The van der Waals surface area contributed by atoms with Crippen LogP contribution >= 0.6 is 0 Å². The monoisotopic (exact) mass is 418 g/mol. The number of nitrogen functional groups attached to an aromatic ring is 1. The molecule has 4 N–H and O–H groups in total. The molecular weight excluding hydrogens is 388 g/mol. The van der Waals surface area contributed by atoms with Gasteiger partial charge in [0.2, 0.25) is 0 Å². The second kappa shape index (κ2) is 9.18. The molecule has 4 aromatic rings. The quantitative estimate of drug-likeness (QED) is 0.315. The predicted molar refractivity (Wildman–Crippen MR) is 125 cm³/mol. The molecule has 0 amide bonds. The van der Waals surface area contributed by atoms with Gasteiger partial charge in [-0.15, -0.1) is 0 Å². The van der Waals surface area contributed by atoms with Gasteiger partial charge in [-0.25, -0.2) is 15.8 Å². The summed E-state index contributed by atoms with van der Waals surface area (Å²) >= 11 is 0. The van der Waals surface area contributed by atoms with Crippen molar-refractivity contribution in [3.8, 4) is 11.3 Å². The van der Waals surface area contributed by atoms with E-state index in [-0.39, 0.29) is 0 Å². The van der Waals surface area contributed by atoms with Crippen molar-refractivity contribution >= 4 is 22.5 Å². The number of nitrogens with two attached hydrogens (primary N) is 2. The van der Waals surface area contributed by atoms with Crippen molar-refractivity contribution in [1.82, 2.24) is 24.3 Å². The molecule has 4 heterocycles. The first kappa shape index (κ1) is 20.9. The molecule has 0 spiro atoms. The minimum atomic E-state index is 0.483. The maximum Gasteiger partial charge on any atom is 0.166 e. The van der Waals surface area contributed by atoms with Gasteiger partial charge in [-0.2, -0.15) is 5.10 Å². The molecule has 0 unspecified atom stereocenters. The molecular formula is C23H30N8. The Hall–Kier alpha value is -3.39. The Balaban J connectivity index is 1.62. The maximum absolute atomic E-state index is 6.47. The predicted octanol–water partition coefficient (Wildman–Crippen LogP) is 3.97. The van der Waals surface area contributed by atoms with Gasteiger partial charge in [-0.05, 0) is 37.1 Å². The third kappa shape index (κ3) is 4.39. The Morgan fingerprint density at radius 2 is 1.94 bits per heavy atom. The summed E-state index contributed by atoms with van der Waals surface area (Å²) in [6.07, 6.45) is 11.1. The Morgan fingerprint density at radius 3 is 2.74 bits per heavy atom. The lowest BCUT2D eigenvalue weighted by atomic mass is 10.2. The first-order chi connectivity index (χ1) is 15.1. The van der Waals surface area contributed by atoms with E-state index in [1.807, 2.05) is 41.5 Å². The molecule has 0 fully saturated rings. The van der Waals surface area contributed by atoms with E-state index in [4.69, 9.17) is 16.6 Å². The molecule has 31 heavy (non-hydrogen) atoms. The number of fused-ring (bicyclic) bond motifs is 1. The van der Waals surface area contributed by atoms with Gasteiger partial charge in [0.1, 0.15) is 5.65 Å². The molecule has 0 bridgehead atoms. The van der Waals surface area contributed by atoms with E-state index in [0.717, 1.165) is 60.2 Å². The number of nitrogens with zero attached hydrogens (tertiary/aromatic N) is 6. The van der Waals surface area contributed by atoms with E-state index in [9.17, 15) is 0 Å². The fraction of sp³-hybridized carbons (Fsp3) is 0.348. The number of hydrogen-bond acceptors (Lipinski definition) is 6. The highest BCUT2D eigenvalue weighted by Gasteiger charge is 2.16. The van der Waals surface area contributed by atoms with Crippen molar-refractivity contribution in [2.45, 2.75) is 52.7 Å². The van der Waals surface area contributed by atoms with Crippen LogP contribution in [0.2, 0.25) is 0 Å². The zero-order valence-corrected chi connectivity index (χ0v) is 18.2. The standard InChI is InChI=1S/C23H30N8/c1-3-5-12-29-14-18(19-7-6-10-26-22(19)29)16-31(25)23-20(24)8-9-21(28-23)17-13-27-30(15-17)11-4-2/h6-10,13-15H,3-5,11-12,16,24-25H2,1-2H3. The summed E-state index contributed by atoms with van der Waals surface area (Å²) in [4.78, 5) is 9.33. The Bertz CT molecular complexity index is 1160. The molecule has 4 aromatic heterocycles. The zero-order chi connectivity index (χ0) is 21.8. The molecule has 0 aliphatic heterocycles. The lowest BCUT2D eigenvalue weighted by molar-refractivity contribution is 0.603. The number of hydrogen-bond donors (Lipinski definition) is 2. The van der Waals surface area contributed by atoms with Crippen molar-refractivity contribution in [2.75, 3.05) is 10.7 Å². The van der Waals surface area contributed by atoms with E-state index in [0.29, 0.717) is 18.1 Å². The van der Waals surface area contributed by atoms with Crippen LogP contribution in [0.5, 0.6) is 0 Å². The van der Waals surface area contributed by atoms with Gasteiger partial charge in [-0.1, -0.05) is 20.3 Å². The van der Waals surface area contributed by atoms with Crippen LogP contribution in [-0.4, -0.2) is 24.3 Å². The normalized spacial score (nSPS) is 11.3. The number of aromatic nitrogens is 5. The van der Waals surface area contributed by atoms with Crippen molar-refractivity contribution in [3.05, 3.63) is 54.6 Å². The highest BCUT2D eigenvalue weighted by atomic mass is 15.4. The number of hydrazine groups is 1. The molecule has 8 nitrogen and oxygen atoms in total. The van der Waals surface area contributed by atoms with Crippen LogP contribution in [0.4, 0.5) is 11.5 Å². The van der Waals surface area contributed by atoms with Crippen LogP contribution < -0.4 is 16.6 Å². The SMILES string of the molecule is CCCCn1cc(CN(N)c2nc(-c3cnn(CCC)c3)ccc2N)c2cccnc21. The Labute approximate surface area is 182 Å². The van der Waals surface area contributed by atoms with E-state index < -0.39 is 0 Å². The molecule has 0 aromatic carbocycles. The number of pyridine rings is 2. The molecule has 0 aliphatic carbocycles. The van der Waals surface area contributed by atoms with Gasteiger partial charge in [0.05, 0.1) is 24.1 Å². The lowest BCUT2D eigenvalue weighted by Gasteiger charge is -2.19. The van der Waals surface area contributed by atoms with Crippen LogP contribution in [0, 0.1) is 0 Å². The summed E-state index contributed by atoms with van der Waals surface area (Å²) in [6, 6.07) is 7.79. The average molecular weight is 419 g/mol. The highest BCUT2D eigenvalue weighted by Crippen LogP contribution is 2.27. The Kier molecular flexibility index (Phi) is 6.18. The molecule has 0 atom stereocenters. The fourth-order valence-corrected chi connectivity index (χ4v) is 3.78. The summed E-state index contributed by atoms with van der Waals surface area (Å²) in [6.45, 7) is 6.61. The van der Waals surface area contributed by atoms with Crippen LogP contribution in [0.25, 0.3) is 22.3 Å². The summed E-state index contributed by atoms with van der Waals surface area (Å²) in [5.41, 5.74) is 10.6. The molecule has 0 radical (unpaired) electrons. The van der Waals surface area contributed by atoms with Crippen LogP contribution in [0.15, 0.2) is 49.1 Å². The van der Waals surface area contributed by atoms with Crippen molar-refractivity contribution in [2.24, 2.45) is 5.84 Å². The third-order valence-corrected chi connectivity index (χ3v) is 5.37. The first-order valence-electron chi connectivity index (χ1n) is 10.8. The number of rotatable bonds is 9. The van der Waals surface area contributed by atoms with Crippen molar-refractivity contribution in [1.29, 1.82) is 0 Å². The number of anilines is 2. The van der Waals surface area contributed by atoms with Crippen molar-refractivity contribution < 1.29 is 0 Å². The second-order valence-electron chi connectivity index (χ2n) is 7.81. The van der Waals surface area contributed by atoms with E-state index in [1.165, 1.54) is 0 Å². The summed E-state index contributed by atoms with van der Waals surface area (Å²) in [7, 11) is 0. The molecule has 0 saturated carbocycles. The molecule has 4 rings (SSSR count). The summed E-state index contributed by atoms with van der Waals surface area (Å²) in [5.74, 6) is 7.02. The third-order valence-electron chi connectivity index (χ3n) is 5.37. The fourth-order valence-electron chi connectivity index (χ4n) is 3.78. The van der Waals surface area contributed by atoms with E-state index >= 15 is 0 Å². The van der Waals surface area contributed by atoms with Gasteiger partial charge < -0.3 is 10.3 Å². The van der Waals surface area contributed by atoms with E-state index in [2.05, 4.69) is 40.8 Å². The van der Waals surface area contributed by atoms with Gasteiger partial charge in [-0.3, -0.25) is 9.69 Å². The lowest BCUT2D eigenvalue weighted by Crippen LogP contribution is -2.31. The Morgan fingerprint density at radius 1 is 1.06 bits per heavy atom. The van der Waals surface area contributed by atoms with Gasteiger partial charge >= 0.3 is 0 Å². The van der Waals surface area contributed by atoms with E-state index in [1.54, 1.807) is 5.01 Å². The minimum absolute atomic E-state index is 0.483. The largest absolute Gasteiger partial charge is 0.396 e. The smallest absolute Gasteiger partial charge is 0.166 e. The number of aryl methyl sites for hydroxylation is 2. The van der Waals surface area contributed by atoms with Gasteiger partial charge in [0, 0.05) is 48.2 Å². The van der Waals surface area contributed by atoms with Crippen LogP contribution in [0.1, 0.15) is 38.7 Å². The van der Waals surface area contributed by atoms with Gasteiger partial charge in [0.25, 0.3) is 0 Å². The van der Waals surface area contributed by atoms with Gasteiger partial charge in [0.15, 0.2) is 5.82 Å². The molecule has 162 valence electrons. The van der Waals surface area contributed by atoms with Crippen molar-refractivity contribution in [3.63, 3.8) is 0 Å². The zero-order valence-electron chi connectivity index (χ0n) is 18.2. The highest BCUT2D eigenvalue weighted by molar-refractivity contribution is 5.81. The minimum Gasteiger partial charge on any atom is -0.396 e. The number of unbranched alkanes of at least 4 members (excludes halogenated alkanes) is 1. The average Bonchev–Trinajstić information content (AvgIpc) is 3.38. The second-order valence-corrected chi connectivity index (χ2v) is 7.81.